The van der Waals surface area contributed by atoms with Gasteiger partial charge in [-0.05, 0) is 75.3 Å². The number of unbranched alkanes of at least 4 members (excludes halogenated alkanes) is 17. The van der Waals surface area contributed by atoms with E-state index in [1.54, 1.807) is 6.42 Å². The Hall–Kier alpha value is -0.0800. The molecular weight excluding hydrogens is 448 g/mol. The van der Waals surface area contributed by atoms with Crippen LogP contribution in [0.15, 0.2) is 0 Å². The summed E-state index contributed by atoms with van der Waals surface area (Å²) in [6, 6.07) is 0. The van der Waals surface area contributed by atoms with Gasteiger partial charge in [0, 0.05) is 0 Å². The summed E-state index contributed by atoms with van der Waals surface area (Å²) in [4.78, 5) is 0. The molecule has 0 radical (unpaired) electrons. The highest BCUT2D eigenvalue weighted by molar-refractivity contribution is 4.88. The molecule has 4 atom stereocenters. The molecule has 2 heteroatoms. The van der Waals surface area contributed by atoms with Gasteiger partial charge < -0.3 is 11.5 Å². The third-order valence-corrected chi connectivity index (χ3v) is 9.76. The zero-order chi connectivity index (χ0) is 26.8. The van der Waals surface area contributed by atoms with E-state index in [0.29, 0.717) is 0 Å². The first-order valence-electron chi connectivity index (χ1n) is 17.7. The van der Waals surface area contributed by atoms with Crippen LogP contribution in [0.5, 0.6) is 0 Å². The van der Waals surface area contributed by atoms with Crippen molar-refractivity contribution in [2.24, 2.45) is 35.1 Å². The molecule has 0 aromatic rings. The minimum absolute atomic E-state index is 0.871. The van der Waals surface area contributed by atoms with Crippen LogP contribution in [0.4, 0.5) is 0 Å². The lowest BCUT2D eigenvalue weighted by atomic mass is 9.61. The average molecular weight is 521 g/mol. The van der Waals surface area contributed by atoms with Crippen LogP contribution in [0.1, 0.15) is 187 Å². The summed E-state index contributed by atoms with van der Waals surface area (Å²) in [6.45, 7) is 6.44. The molecule has 1 aliphatic rings. The highest BCUT2D eigenvalue weighted by Gasteiger charge is 2.37. The molecule has 0 bridgehead atoms. The number of hydrogen-bond acceptors (Lipinski definition) is 2. The summed E-state index contributed by atoms with van der Waals surface area (Å²) < 4.78 is 0. The highest BCUT2D eigenvalue weighted by atomic mass is 14.5. The van der Waals surface area contributed by atoms with E-state index < -0.39 is 0 Å². The Bertz CT molecular complexity index is 449. The third kappa shape index (κ3) is 18.0. The van der Waals surface area contributed by atoms with Crippen molar-refractivity contribution in [3.63, 3.8) is 0 Å². The lowest BCUT2D eigenvalue weighted by Gasteiger charge is -2.44. The normalized spacial score (nSPS) is 22.1. The Morgan fingerprint density at radius 2 is 0.676 bits per heavy atom. The van der Waals surface area contributed by atoms with E-state index in [1.165, 1.54) is 167 Å². The maximum Gasteiger partial charge on any atom is -0.00773 e. The van der Waals surface area contributed by atoms with Crippen LogP contribution in [0.2, 0.25) is 0 Å². The second kappa shape index (κ2) is 26.2. The first-order chi connectivity index (χ1) is 18.3. The van der Waals surface area contributed by atoms with Crippen molar-refractivity contribution in [1.82, 2.24) is 0 Å². The van der Waals surface area contributed by atoms with E-state index in [1.807, 2.05) is 0 Å². The van der Waals surface area contributed by atoms with E-state index in [4.69, 9.17) is 11.5 Å². The molecule has 1 saturated carbocycles. The van der Waals surface area contributed by atoms with Gasteiger partial charge in [-0.3, -0.25) is 0 Å². The smallest absolute Gasteiger partial charge is 0.00773 e. The second-order valence-corrected chi connectivity index (χ2v) is 12.9. The van der Waals surface area contributed by atoms with Crippen LogP contribution >= 0.6 is 0 Å². The molecular formula is C35H72N2. The van der Waals surface area contributed by atoms with Gasteiger partial charge in [0.05, 0.1) is 0 Å². The molecule has 4 unspecified atom stereocenters. The predicted molar refractivity (Wildman–Crippen MR) is 168 cm³/mol. The van der Waals surface area contributed by atoms with E-state index in [-0.39, 0.29) is 0 Å². The van der Waals surface area contributed by atoms with E-state index in [2.05, 4.69) is 13.8 Å². The summed E-state index contributed by atoms with van der Waals surface area (Å²) in [7, 11) is 0. The van der Waals surface area contributed by atoms with Crippen LogP contribution < -0.4 is 11.5 Å². The second-order valence-electron chi connectivity index (χ2n) is 12.9. The highest BCUT2D eigenvalue weighted by Crippen LogP contribution is 2.47. The predicted octanol–water partition coefficient (Wildman–Crippen LogP) is 11.0. The largest absolute Gasteiger partial charge is 0.330 e. The average Bonchev–Trinajstić information content (AvgIpc) is 2.91. The van der Waals surface area contributed by atoms with E-state index in [0.717, 1.165) is 36.8 Å². The van der Waals surface area contributed by atoms with Gasteiger partial charge >= 0.3 is 0 Å². The first kappa shape index (κ1) is 34.9. The van der Waals surface area contributed by atoms with E-state index >= 15 is 0 Å². The van der Waals surface area contributed by atoms with Crippen LogP contribution in [-0.2, 0) is 0 Å². The monoisotopic (exact) mass is 521 g/mol. The molecule has 0 aromatic heterocycles. The molecule has 0 amide bonds. The van der Waals surface area contributed by atoms with Gasteiger partial charge in [-0.15, -0.1) is 0 Å². The molecule has 0 heterocycles. The molecule has 222 valence electrons. The molecule has 0 aromatic carbocycles. The SMILES string of the molecule is CCCCCCCCC1C(CCCCCC)CCC(CCCCCCCCN)C1CCCCCCCN. The topological polar surface area (TPSA) is 52.0 Å². The molecule has 1 fully saturated rings. The minimum atomic E-state index is 0.871. The lowest BCUT2D eigenvalue weighted by Crippen LogP contribution is -2.35. The molecule has 0 spiro atoms. The van der Waals surface area contributed by atoms with Crippen molar-refractivity contribution >= 4 is 0 Å². The maximum absolute atomic E-state index is 5.74. The Morgan fingerprint density at radius 3 is 1.05 bits per heavy atom. The first-order valence-corrected chi connectivity index (χ1v) is 17.7. The fourth-order valence-corrected chi connectivity index (χ4v) is 7.48. The Morgan fingerprint density at radius 1 is 0.378 bits per heavy atom. The molecule has 0 aliphatic heterocycles. The Kier molecular flexibility index (Phi) is 24.7. The van der Waals surface area contributed by atoms with Crippen LogP contribution in [0, 0.1) is 23.7 Å². The van der Waals surface area contributed by atoms with Gasteiger partial charge in [0.1, 0.15) is 0 Å². The molecule has 1 rings (SSSR count). The van der Waals surface area contributed by atoms with Crippen molar-refractivity contribution in [3.8, 4) is 0 Å². The maximum atomic E-state index is 5.74. The summed E-state index contributed by atoms with van der Waals surface area (Å²) in [5, 5.41) is 0. The molecule has 37 heavy (non-hydrogen) atoms. The number of nitrogens with two attached hydrogens (primary N) is 2. The molecule has 0 saturated heterocycles. The summed E-state index contributed by atoms with van der Waals surface area (Å²) in [6.07, 6.45) is 38.9. The van der Waals surface area contributed by atoms with E-state index in [9.17, 15) is 0 Å². The quantitative estimate of drug-likeness (QED) is 0.106. The molecule has 4 N–H and O–H groups in total. The van der Waals surface area contributed by atoms with Crippen LogP contribution in [-0.4, -0.2) is 13.1 Å². The van der Waals surface area contributed by atoms with Gasteiger partial charge in [-0.2, -0.15) is 0 Å². The van der Waals surface area contributed by atoms with Crippen molar-refractivity contribution in [2.45, 2.75) is 187 Å². The van der Waals surface area contributed by atoms with Gasteiger partial charge in [0.25, 0.3) is 0 Å². The Balaban J connectivity index is 2.70. The summed E-state index contributed by atoms with van der Waals surface area (Å²) in [5.74, 6) is 4.10. The fraction of sp³-hybridized carbons (Fsp3) is 1.00. The van der Waals surface area contributed by atoms with Crippen molar-refractivity contribution in [2.75, 3.05) is 13.1 Å². The van der Waals surface area contributed by atoms with Crippen LogP contribution in [0.3, 0.4) is 0 Å². The lowest BCUT2D eigenvalue weighted by molar-refractivity contribution is 0.0581. The van der Waals surface area contributed by atoms with Crippen molar-refractivity contribution < 1.29 is 0 Å². The summed E-state index contributed by atoms with van der Waals surface area (Å²) >= 11 is 0. The van der Waals surface area contributed by atoms with Gasteiger partial charge in [-0.1, -0.05) is 149 Å². The zero-order valence-corrected chi connectivity index (χ0v) is 26.0. The van der Waals surface area contributed by atoms with Crippen molar-refractivity contribution in [1.29, 1.82) is 0 Å². The number of rotatable bonds is 27. The molecule has 2 nitrogen and oxygen atoms in total. The van der Waals surface area contributed by atoms with Gasteiger partial charge in [0.2, 0.25) is 0 Å². The van der Waals surface area contributed by atoms with Gasteiger partial charge in [-0.25, -0.2) is 0 Å². The van der Waals surface area contributed by atoms with Gasteiger partial charge in [0.15, 0.2) is 0 Å². The standard InChI is InChI=1S/C35H72N2/c1-3-5-7-9-14-20-26-34-32(24-18-8-6-4-2)28-29-33(25-19-13-10-11-16-22-30-36)35(34)27-21-15-12-17-23-31-37/h32-35H,3-31,36-37H2,1-2H3. The third-order valence-electron chi connectivity index (χ3n) is 9.76. The van der Waals surface area contributed by atoms with Crippen LogP contribution in [0.25, 0.3) is 0 Å². The molecule has 1 aliphatic carbocycles. The number of hydrogen-bond donors (Lipinski definition) is 2. The zero-order valence-electron chi connectivity index (χ0n) is 26.0. The summed E-state index contributed by atoms with van der Waals surface area (Å²) in [5.41, 5.74) is 11.4. The van der Waals surface area contributed by atoms with Crippen molar-refractivity contribution in [3.05, 3.63) is 0 Å². The fourth-order valence-electron chi connectivity index (χ4n) is 7.48. The minimum Gasteiger partial charge on any atom is -0.330 e. The Labute approximate surface area is 235 Å².